The molecule has 1 N–H and O–H groups in total. The van der Waals surface area contributed by atoms with Crippen molar-refractivity contribution in [3.63, 3.8) is 0 Å². The van der Waals surface area contributed by atoms with E-state index < -0.39 is 0 Å². The molecule has 1 aromatic heterocycles. The van der Waals surface area contributed by atoms with Crippen molar-refractivity contribution in [2.24, 2.45) is 5.92 Å². The van der Waals surface area contributed by atoms with Crippen LogP contribution in [0, 0.1) is 5.92 Å². The largest absolute Gasteiger partial charge is 0.330 e. The third-order valence-electron chi connectivity index (χ3n) is 2.01. The van der Waals surface area contributed by atoms with E-state index in [-0.39, 0.29) is 0 Å². The summed E-state index contributed by atoms with van der Waals surface area (Å²) < 4.78 is 0.968. The van der Waals surface area contributed by atoms with Gasteiger partial charge in [0.25, 0.3) is 0 Å². The van der Waals surface area contributed by atoms with E-state index in [0.29, 0.717) is 10.9 Å². The predicted octanol–water partition coefficient (Wildman–Crippen LogP) is 5.33. The zero-order chi connectivity index (χ0) is 13.7. The lowest BCUT2D eigenvalue weighted by atomic mass is 10.3. The number of nitrogens with zero attached hydrogens (tertiary/aromatic N) is 2. The van der Waals surface area contributed by atoms with Gasteiger partial charge in [-0.05, 0) is 34.9 Å². The summed E-state index contributed by atoms with van der Waals surface area (Å²) >= 11 is 7.49. The van der Waals surface area contributed by atoms with Gasteiger partial charge in [-0.3, -0.25) is 0 Å². The van der Waals surface area contributed by atoms with Gasteiger partial charge in [0.1, 0.15) is 0 Å². The third kappa shape index (κ3) is 5.22. The molecule has 2 rings (SSSR count). The van der Waals surface area contributed by atoms with E-state index in [0.717, 1.165) is 20.9 Å². The second kappa shape index (κ2) is 7.38. The molecule has 19 heavy (non-hydrogen) atoms. The van der Waals surface area contributed by atoms with Crippen LogP contribution in [0.2, 0.25) is 5.02 Å². The summed E-state index contributed by atoms with van der Waals surface area (Å²) in [5, 5.41) is 13.0. The summed E-state index contributed by atoms with van der Waals surface area (Å²) in [5.41, 5.74) is 0.926. The summed E-state index contributed by atoms with van der Waals surface area (Å²) in [5.74, 6) is 1.80. The van der Waals surface area contributed by atoms with Crippen molar-refractivity contribution >= 4 is 55.3 Å². The van der Waals surface area contributed by atoms with Crippen molar-refractivity contribution in [1.29, 1.82) is 0 Å². The first-order valence-electron chi connectivity index (χ1n) is 5.79. The van der Waals surface area contributed by atoms with E-state index >= 15 is 0 Å². The van der Waals surface area contributed by atoms with E-state index in [2.05, 4.69) is 29.4 Å². The maximum absolute atomic E-state index is 5.93. The highest BCUT2D eigenvalue weighted by atomic mass is 35.5. The number of halogens is 1. The zero-order valence-electron chi connectivity index (χ0n) is 10.6. The Hall–Kier alpha value is -0.430. The average Bonchev–Trinajstić information content (AvgIpc) is 2.76. The van der Waals surface area contributed by atoms with E-state index in [1.54, 1.807) is 22.1 Å². The number of nitrogens with one attached hydrogen (secondary N) is 1. The Morgan fingerprint density at radius 1 is 1.37 bits per heavy atom. The van der Waals surface area contributed by atoms with Crippen LogP contribution in [-0.4, -0.2) is 16.0 Å². The lowest BCUT2D eigenvalue weighted by Crippen LogP contribution is -1.88. The molecule has 1 heterocycles. The van der Waals surface area contributed by atoms with Crippen molar-refractivity contribution in [2.75, 3.05) is 11.1 Å². The molecule has 0 bridgehead atoms. The van der Waals surface area contributed by atoms with Gasteiger partial charge in [0.2, 0.25) is 5.13 Å². The molecule has 2 aromatic rings. The number of rotatable bonds is 6. The Labute approximate surface area is 129 Å². The summed E-state index contributed by atoms with van der Waals surface area (Å²) in [6.45, 7) is 4.42. The molecule has 7 heteroatoms. The van der Waals surface area contributed by atoms with Gasteiger partial charge < -0.3 is 5.32 Å². The molecule has 0 aliphatic rings. The Morgan fingerprint density at radius 2 is 2.21 bits per heavy atom. The van der Waals surface area contributed by atoms with Gasteiger partial charge >= 0.3 is 0 Å². The quantitative estimate of drug-likeness (QED) is 0.724. The molecule has 0 fully saturated rings. The fourth-order valence-corrected chi connectivity index (χ4v) is 4.94. The second-order valence-corrected chi connectivity index (χ2v) is 8.27. The van der Waals surface area contributed by atoms with Gasteiger partial charge in [-0.25, -0.2) is 0 Å². The number of hydrogen-bond donors (Lipinski definition) is 1. The minimum atomic E-state index is 0.689. The van der Waals surface area contributed by atoms with Gasteiger partial charge in [-0.1, -0.05) is 53.6 Å². The minimum absolute atomic E-state index is 0.689. The van der Waals surface area contributed by atoms with Crippen LogP contribution < -0.4 is 5.32 Å². The number of anilines is 2. The van der Waals surface area contributed by atoms with Gasteiger partial charge in [0.15, 0.2) is 4.34 Å². The van der Waals surface area contributed by atoms with Gasteiger partial charge in [0.05, 0.1) is 0 Å². The van der Waals surface area contributed by atoms with Crippen molar-refractivity contribution in [3.8, 4) is 0 Å². The molecule has 0 amide bonds. The van der Waals surface area contributed by atoms with E-state index in [4.69, 9.17) is 11.6 Å². The van der Waals surface area contributed by atoms with Crippen LogP contribution in [0.3, 0.4) is 0 Å². The summed E-state index contributed by atoms with van der Waals surface area (Å²) in [6, 6.07) is 7.56. The van der Waals surface area contributed by atoms with E-state index in [1.165, 1.54) is 0 Å². The first-order chi connectivity index (χ1) is 9.13. The molecule has 0 spiro atoms. The fraction of sp³-hybridized carbons (Fsp3) is 0.333. The second-order valence-electron chi connectivity index (χ2n) is 4.27. The van der Waals surface area contributed by atoms with Crippen LogP contribution in [-0.2, 0) is 0 Å². The van der Waals surface area contributed by atoms with Crippen LogP contribution in [0.4, 0.5) is 10.8 Å². The van der Waals surface area contributed by atoms with E-state index in [1.807, 2.05) is 35.1 Å². The lowest BCUT2D eigenvalue weighted by molar-refractivity contribution is 0.752. The standard InChI is InChI=1S/C12H14ClN3S3/c1-8(2)7-17-19-12-16-15-11(18-12)14-10-5-3-4-9(13)6-10/h3-6,8H,7H2,1-2H3,(H,14,15). The molecule has 0 unspecified atom stereocenters. The smallest absolute Gasteiger partial charge is 0.210 e. The molecule has 3 nitrogen and oxygen atoms in total. The highest BCUT2D eigenvalue weighted by molar-refractivity contribution is 8.77. The lowest BCUT2D eigenvalue weighted by Gasteiger charge is -2.01. The van der Waals surface area contributed by atoms with Gasteiger partial charge in [-0.2, -0.15) is 0 Å². The predicted molar refractivity (Wildman–Crippen MR) is 87.8 cm³/mol. The monoisotopic (exact) mass is 331 g/mol. The van der Waals surface area contributed by atoms with Crippen LogP contribution in [0.5, 0.6) is 0 Å². The minimum Gasteiger partial charge on any atom is -0.330 e. The molecule has 0 saturated heterocycles. The van der Waals surface area contributed by atoms with Crippen LogP contribution in [0.25, 0.3) is 0 Å². The summed E-state index contributed by atoms with van der Waals surface area (Å²) in [7, 11) is 3.49. The van der Waals surface area contributed by atoms with Gasteiger partial charge in [0, 0.05) is 16.5 Å². The molecule has 0 aliphatic heterocycles. The zero-order valence-corrected chi connectivity index (χ0v) is 13.8. The molecule has 0 radical (unpaired) electrons. The maximum atomic E-state index is 5.93. The van der Waals surface area contributed by atoms with Crippen molar-refractivity contribution < 1.29 is 0 Å². The molecular weight excluding hydrogens is 318 g/mol. The number of benzene rings is 1. The Balaban J connectivity index is 1.90. The topological polar surface area (TPSA) is 37.8 Å². The molecule has 1 aromatic carbocycles. The van der Waals surface area contributed by atoms with E-state index in [9.17, 15) is 0 Å². The normalized spacial score (nSPS) is 10.9. The van der Waals surface area contributed by atoms with Crippen LogP contribution in [0.15, 0.2) is 28.6 Å². The SMILES string of the molecule is CC(C)CSSc1nnc(Nc2cccc(Cl)c2)s1. The molecule has 0 atom stereocenters. The number of aromatic nitrogens is 2. The Bertz CT molecular complexity index is 530. The first-order valence-corrected chi connectivity index (χ1v) is 9.30. The fourth-order valence-electron chi connectivity index (χ4n) is 1.20. The number of hydrogen-bond acceptors (Lipinski definition) is 6. The Morgan fingerprint density at radius 3 is 2.95 bits per heavy atom. The van der Waals surface area contributed by atoms with Crippen molar-refractivity contribution in [3.05, 3.63) is 29.3 Å². The highest BCUT2D eigenvalue weighted by Gasteiger charge is 2.06. The van der Waals surface area contributed by atoms with Crippen molar-refractivity contribution in [2.45, 2.75) is 18.2 Å². The highest BCUT2D eigenvalue weighted by Crippen LogP contribution is 2.36. The summed E-state index contributed by atoms with van der Waals surface area (Å²) in [6.07, 6.45) is 0. The first kappa shape index (κ1) is 15.0. The molecular formula is C12H14ClN3S3. The molecule has 0 aliphatic carbocycles. The Kier molecular flexibility index (Phi) is 5.81. The van der Waals surface area contributed by atoms with Crippen LogP contribution >= 0.6 is 44.5 Å². The summed E-state index contributed by atoms with van der Waals surface area (Å²) in [4.78, 5) is 0. The van der Waals surface area contributed by atoms with Crippen LogP contribution in [0.1, 0.15) is 13.8 Å². The average molecular weight is 332 g/mol. The maximum Gasteiger partial charge on any atom is 0.210 e. The van der Waals surface area contributed by atoms with Crippen molar-refractivity contribution in [1.82, 2.24) is 10.2 Å². The molecule has 0 saturated carbocycles. The third-order valence-corrected chi connectivity index (χ3v) is 6.08. The van der Waals surface area contributed by atoms with Gasteiger partial charge in [-0.15, -0.1) is 10.2 Å². The molecule has 102 valence electrons.